The van der Waals surface area contributed by atoms with Gasteiger partial charge in [-0.15, -0.1) is 0 Å². The average Bonchev–Trinajstić information content (AvgIpc) is 2.15. The second kappa shape index (κ2) is 6.74. The van der Waals surface area contributed by atoms with E-state index in [1.54, 1.807) is 0 Å². The number of carbonyl (C=O) groups excluding carboxylic acids is 2. The van der Waals surface area contributed by atoms with E-state index in [4.69, 9.17) is 10.8 Å². The number of hydrogen-bond donors (Lipinski definition) is 3. The fourth-order valence-electron chi connectivity index (χ4n) is 0.659. The van der Waals surface area contributed by atoms with Gasteiger partial charge in [-0.05, 0) is 0 Å². The van der Waals surface area contributed by atoms with Gasteiger partial charge in [0.05, 0.1) is 7.11 Å². The SMILES string of the molecule is COC(=O)C(Br)CNCC(O)C(N)=O. The average molecular weight is 269 g/mol. The van der Waals surface area contributed by atoms with Crippen LogP contribution in [0.1, 0.15) is 0 Å². The Hall–Kier alpha value is -0.660. The van der Waals surface area contributed by atoms with E-state index in [-0.39, 0.29) is 13.1 Å². The third-order valence-electron chi connectivity index (χ3n) is 1.45. The normalized spacial score (nSPS) is 14.5. The summed E-state index contributed by atoms with van der Waals surface area (Å²) < 4.78 is 4.44. The van der Waals surface area contributed by atoms with Crippen LogP contribution in [0.5, 0.6) is 0 Å². The van der Waals surface area contributed by atoms with Gasteiger partial charge < -0.3 is 20.9 Å². The Labute approximate surface area is 89.9 Å². The number of primary amides is 1. The summed E-state index contributed by atoms with van der Waals surface area (Å²) in [6, 6.07) is 0. The van der Waals surface area contributed by atoms with Crippen molar-refractivity contribution in [3.05, 3.63) is 0 Å². The Morgan fingerprint density at radius 2 is 2.14 bits per heavy atom. The number of rotatable bonds is 6. The van der Waals surface area contributed by atoms with Crippen LogP contribution in [0.4, 0.5) is 0 Å². The fourth-order valence-corrected chi connectivity index (χ4v) is 1.07. The van der Waals surface area contributed by atoms with E-state index in [9.17, 15) is 9.59 Å². The number of methoxy groups -OCH3 is 1. The summed E-state index contributed by atoms with van der Waals surface area (Å²) in [4.78, 5) is 20.7. The predicted molar refractivity (Wildman–Crippen MR) is 52.8 cm³/mol. The highest BCUT2D eigenvalue weighted by atomic mass is 79.9. The van der Waals surface area contributed by atoms with Crippen LogP contribution >= 0.6 is 15.9 Å². The lowest BCUT2D eigenvalue weighted by atomic mass is 10.3. The minimum Gasteiger partial charge on any atom is -0.468 e. The first-order chi connectivity index (χ1) is 6.49. The molecule has 0 radical (unpaired) electrons. The monoisotopic (exact) mass is 268 g/mol. The zero-order valence-electron chi connectivity index (χ0n) is 7.70. The number of nitrogens with two attached hydrogens (primary N) is 1. The van der Waals surface area contributed by atoms with Gasteiger partial charge in [-0.3, -0.25) is 9.59 Å². The van der Waals surface area contributed by atoms with Gasteiger partial charge in [-0.25, -0.2) is 0 Å². The van der Waals surface area contributed by atoms with Crippen LogP contribution in [0, 0.1) is 0 Å². The lowest BCUT2D eigenvalue weighted by Crippen LogP contribution is -2.40. The van der Waals surface area contributed by atoms with E-state index in [1.807, 2.05) is 0 Å². The first-order valence-corrected chi connectivity index (χ1v) is 4.80. The molecule has 0 saturated heterocycles. The van der Waals surface area contributed by atoms with Crippen molar-refractivity contribution in [3.8, 4) is 0 Å². The number of nitrogens with one attached hydrogen (secondary N) is 1. The smallest absolute Gasteiger partial charge is 0.320 e. The molecule has 0 heterocycles. The second-order valence-electron chi connectivity index (χ2n) is 2.57. The molecule has 0 rings (SSSR count). The fraction of sp³-hybridized carbons (Fsp3) is 0.714. The topological polar surface area (TPSA) is 102 Å². The Kier molecular flexibility index (Phi) is 6.43. The van der Waals surface area contributed by atoms with Crippen LogP contribution < -0.4 is 11.1 Å². The molecule has 0 fully saturated rings. The van der Waals surface area contributed by atoms with Crippen molar-refractivity contribution in [1.82, 2.24) is 5.32 Å². The van der Waals surface area contributed by atoms with Crippen molar-refractivity contribution in [2.24, 2.45) is 5.73 Å². The van der Waals surface area contributed by atoms with Crippen molar-refractivity contribution in [2.45, 2.75) is 10.9 Å². The maximum absolute atomic E-state index is 10.9. The number of aliphatic hydroxyl groups excluding tert-OH is 1. The van der Waals surface area contributed by atoms with Crippen LogP contribution in [0.25, 0.3) is 0 Å². The highest BCUT2D eigenvalue weighted by molar-refractivity contribution is 9.10. The summed E-state index contributed by atoms with van der Waals surface area (Å²) in [5, 5.41) is 11.6. The highest BCUT2D eigenvalue weighted by Gasteiger charge is 2.16. The summed E-state index contributed by atoms with van der Waals surface area (Å²) in [5.41, 5.74) is 4.81. The molecule has 82 valence electrons. The molecule has 0 bridgehead atoms. The van der Waals surface area contributed by atoms with E-state index in [1.165, 1.54) is 7.11 Å². The summed E-state index contributed by atoms with van der Waals surface area (Å²) in [7, 11) is 1.27. The predicted octanol–water partition coefficient (Wildman–Crippen LogP) is -1.64. The molecule has 2 unspecified atom stereocenters. The zero-order chi connectivity index (χ0) is 11.1. The number of esters is 1. The van der Waals surface area contributed by atoms with Crippen LogP contribution in [0.15, 0.2) is 0 Å². The molecule has 14 heavy (non-hydrogen) atoms. The standard InChI is InChI=1S/C7H13BrN2O4/c1-14-7(13)4(8)2-10-3-5(11)6(9)12/h4-5,10-11H,2-3H2,1H3,(H2,9,12). The molecular formula is C7H13BrN2O4. The van der Waals surface area contributed by atoms with E-state index < -0.39 is 22.8 Å². The summed E-state index contributed by atoms with van der Waals surface area (Å²) in [6.45, 7) is 0.255. The van der Waals surface area contributed by atoms with Gasteiger partial charge in [-0.1, -0.05) is 15.9 Å². The van der Waals surface area contributed by atoms with Gasteiger partial charge in [0.25, 0.3) is 0 Å². The lowest BCUT2D eigenvalue weighted by molar-refractivity contribution is -0.139. The molecule has 0 spiro atoms. The molecule has 0 aromatic rings. The molecule has 4 N–H and O–H groups in total. The van der Waals surface area contributed by atoms with Gasteiger partial charge >= 0.3 is 5.97 Å². The molecule has 0 aliphatic carbocycles. The number of aliphatic hydroxyl groups is 1. The van der Waals surface area contributed by atoms with Crippen molar-refractivity contribution in [2.75, 3.05) is 20.2 Å². The number of carbonyl (C=O) groups is 2. The van der Waals surface area contributed by atoms with Crippen molar-refractivity contribution < 1.29 is 19.4 Å². The minimum atomic E-state index is -1.24. The van der Waals surface area contributed by atoms with Crippen LogP contribution in [-0.4, -0.2) is 48.1 Å². The van der Waals surface area contributed by atoms with E-state index in [2.05, 4.69) is 26.0 Å². The first-order valence-electron chi connectivity index (χ1n) is 3.89. The molecule has 0 aliphatic rings. The van der Waals surface area contributed by atoms with E-state index in [0.717, 1.165) is 0 Å². The quantitative estimate of drug-likeness (QED) is 0.396. The van der Waals surface area contributed by atoms with Gasteiger partial charge in [0.2, 0.25) is 5.91 Å². The van der Waals surface area contributed by atoms with Crippen LogP contribution in [0.2, 0.25) is 0 Å². The molecule has 0 aromatic carbocycles. The van der Waals surface area contributed by atoms with Gasteiger partial charge in [0, 0.05) is 13.1 Å². The molecule has 0 aliphatic heterocycles. The van der Waals surface area contributed by atoms with E-state index in [0.29, 0.717) is 0 Å². The lowest BCUT2D eigenvalue weighted by Gasteiger charge is -2.10. The van der Waals surface area contributed by atoms with Crippen molar-refractivity contribution in [3.63, 3.8) is 0 Å². The maximum atomic E-state index is 10.9. The molecule has 0 saturated carbocycles. The second-order valence-corrected chi connectivity index (χ2v) is 3.67. The third-order valence-corrected chi connectivity index (χ3v) is 2.14. The maximum Gasteiger partial charge on any atom is 0.320 e. The van der Waals surface area contributed by atoms with Crippen molar-refractivity contribution >= 4 is 27.8 Å². The van der Waals surface area contributed by atoms with Gasteiger partial charge in [0.15, 0.2) is 0 Å². The molecule has 2 atom stereocenters. The Morgan fingerprint density at radius 3 is 2.57 bits per heavy atom. The van der Waals surface area contributed by atoms with E-state index >= 15 is 0 Å². The molecule has 1 amide bonds. The molecule has 0 aromatic heterocycles. The largest absolute Gasteiger partial charge is 0.468 e. The minimum absolute atomic E-state index is 0.00836. The summed E-state index contributed by atoms with van der Waals surface area (Å²) >= 11 is 3.06. The number of alkyl halides is 1. The first kappa shape index (κ1) is 13.3. The summed E-state index contributed by atoms with van der Waals surface area (Å²) in [6.07, 6.45) is -1.24. The van der Waals surface area contributed by atoms with Crippen LogP contribution in [-0.2, 0) is 14.3 Å². The molecule has 6 nitrogen and oxygen atoms in total. The van der Waals surface area contributed by atoms with Gasteiger partial charge in [-0.2, -0.15) is 0 Å². The zero-order valence-corrected chi connectivity index (χ0v) is 9.28. The Morgan fingerprint density at radius 1 is 1.57 bits per heavy atom. The van der Waals surface area contributed by atoms with Crippen molar-refractivity contribution in [1.29, 1.82) is 0 Å². The molecular weight excluding hydrogens is 256 g/mol. The number of amides is 1. The number of hydrogen-bond acceptors (Lipinski definition) is 5. The van der Waals surface area contributed by atoms with Gasteiger partial charge in [0.1, 0.15) is 10.9 Å². The number of halogens is 1. The highest BCUT2D eigenvalue weighted by Crippen LogP contribution is 1.99. The number of ether oxygens (including phenoxy) is 1. The third kappa shape index (κ3) is 5.15. The Balaban J connectivity index is 3.64. The summed E-state index contributed by atoms with van der Waals surface area (Å²) in [5.74, 6) is -1.23. The molecule has 7 heteroatoms. The Bertz CT molecular complexity index is 212. The van der Waals surface area contributed by atoms with Crippen LogP contribution in [0.3, 0.4) is 0 Å².